The number of rotatable bonds is 3. The summed E-state index contributed by atoms with van der Waals surface area (Å²) in [5, 5.41) is -0.128. The van der Waals surface area contributed by atoms with Gasteiger partial charge in [0.1, 0.15) is 10.7 Å². The zero-order valence-electron chi connectivity index (χ0n) is 11.3. The van der Waals surface area contributed by atoms with E-state index < -0.39 is 15.8 Å². The van der Waals surface area contributed by atoms with Crippen molar-refractivity contribution in [3.63, 3.8) is 0 Å². The lowest BCUT2D eigenvalue weighted by Gasteiger charge is -2.34. The number of benzene rings is 1. The molecule has 1 fully saturated rings. The fourth-order valence-electron chi connectivity index (χ4n) is 2.57. The second-order valence-corrected chi connectivity index (χ2v) is 7.24. The third-order valence-electron chi connectivity index (χ3n) is 3.68. The smallest absolute Gasteiger partial charge is 0.244 e. The molecule has 0 aromatic heterocycles. The molecular formula is C13H18ClFN2O2S. The number of nitrogens with zero attached hydrogens (tertiary/aromatic N) is 1. The molecule has 1 unspecified atom stereocenters. The molecule has 1 saturated heterocycles. The third-order valence-corrected chi connectivity index (χ3v) is 6.10. The summed E-state index contributed by atoms with van der Waals surface area (Å²) >= 11 is 5.89. The highest BCUT2D eigenvalue weighted by molar-refractivity contribution is 7.89. The van der Waals surface area contributed by atoms with Crippen molar-refractivity contribution in [2.45, 2.75) is 43.5 Å². The average molecular weight is 321 g/mol. The normalized spacial score (nSPS) is 21.1. The second-order valence-electron chi connectivity index (χ2n) is 4.98. The number of sulfonamides is 1. The quantitative estimate of drug-likeness (QED) is 0.871. The van der Waals surface area contributed by atoms with Gasteiger partial charge in [-0.15, -0.1) is 0 Å². The van der Waals surface area contributed by atoms with Gasteiger partial charge in [-0.3, -0.25) is 0 Å². The molecule has 112 valence electrons. The number of hydrogen-bond donors (Lipinski definition) is 1. The van der Waals surface area contributed by atoms with Crippen LogP contribution < -0.4 is 5.73 Å². The van der Waals surface area contributed by atoms with Crippen LogP contribution in [-0.4, -0.2) is 25.3 Å². The van der Waals surface area contributed by atoms with Crippen LogP contribution in [0.4, 0.5) is 10.1 Å². The zero-order chi connectivity index (χ0) is 14.9. The summed E-state index contributed by atoms with van der Waals surface area (Å²) in [6.07, 6.45) is 3.42. The molecule has 7 heteroatoms. The molecular weight excluding hydrogens is 303 g/mol. The molecule has 0 amide bonds. The number of nitrogens with two attached hydrogens (primary N) is 1. The van der Waals surface area contributed by atoms with Crippen molar-refractivity contribution in [3.05, 3.63) is 23.0 Å². The van der Waals surface area contributed by atoms with Crippen molar-refractivity contribution in [1.29, 1.82) is 0 Å². The Bertz CT molecular complexity index is 607. The first-order valence-corrected chi connectivity index (χ1v) is 8.46. The fraction of sp³-hybridized carbons (Fsp3) is 0.538. The molecule has 1 aliphatic rings. The van der Waals surface area contributed by atoms with Gasteiger partial charge in [-0.2, -0.15) is 4.31 Å². The van der Waals surface area contributed by atoms with E-state index in [1.54, 1.807) is 0 Å². The molecule has 4 nitrogen and oxygen atoms in total. The summed E-state index contributed by atoms with van der Waals surface area (Å²) in [7, 11) is -3.74. The first-order chi connectivity index (χ1) is 9.37. The Hall–Kier alpha value is -0.850. The van der Waals surface area contributed by atoms with E-state index in [0.29, 0.717) is 6.54 Å². The molecule has 0 aliphatic carbocycles. The first kappa shape index (κ1) is 15.5. The predicted molar refractivity (Wildman–Crippen MR) is 77.6 cm³/mol. The number of halogens is 2. The van der Waals surface area contributed by atoms with Crippen molar-refractivity contribution >= 4 is 27.3 Å². The van der Waals surface area contributed by atoms with E-state index in [1.807, 2.05) is 6.92 Å². The first-order valence-electron chi connectivity index (χ1n) is 6.64. The summed E-state index contributed by atoms with van der Waals surface area (Å²) in [6.45, 7) is 2.42. The molecule has 1 atom stereocenters. The lowest BCUT2D eigenvalue weighted by molar-refractivity contribution is 0.246. The Morgan fingerprint density at radius 1 is 1.45 bits per heavy atom. The summed E-state index contributed by atoms with van der Waals surface area (Å²) < 4.78 is 40.2. The maximum atomic E-state index is 13.3. The van der Waals surface area contributed by atoms with Gasteiger partial charge in [-0.25, -0.2) is 12.8 Å². The average Bonchev–Trinajstić information content (AvgIpc) is 2.42. The van der Waals surface area contributed by atoms with E-state index in [9.17, 15) is 12.8 Å². The van der Waals surface area contributed by atoms with Gasteiger partial charge < -0.3 is 5.73 Å². The van der Waals surface area contributed by atoms with Crippen LogP contribution in [-0.2, 0) is 10.0 Å². The molecule has 1 aliphatic heterocycles. The number of anilines is 1. The standard InChI is InChI=1S/C13H18ClFN2O2S/c1-2-9-5-3-4-6-17(9)20(18,19)13-8-12(16)11(15)7-10(13)14/h7-9H,2-6,16H2,1H3. The van der Waals surface area contributed by atoms with E-state index in [2.05, 4.69) is 0 Å². The highest BCUT2D eigenvalue weighted by atomic mass is 35.5. The highest BCUT2D eigenvalue weighted by Crippen LogP contribution is 2.32. The molecule has 1 heterocycles. The van der Waals surface area contributed by atoms with E-state index in [-0.39, 0.29) is 21.6 Å². The number of nitrogen functional groups attached to an aromatic ring is 1. The molecule has 0 bridgehead atoms. The van der Waals surface area contributed by atoms with Gasteiger partial charge in [-0.05, 0) is 31.4 Å². The van der Waals surface area contributed by atoms with Gasteiger partial charge in [0.25, 0.3) is 0 Å². The highest BCUT2D eigenvalue weighted by Gasteiger charge is 2.34. The van der Waals surface area contributed by atoms with E-state index in [0.717, 1.165) is 37.8 Å². The summed E-state index contributed by atoms with van der Waals surface area (Å²) in [6, 6.07) is 2.03. The van der Waals surface area contributed by atoms with Crippen molar-refractivity contribution in [2.24, 2.45) is 0 Å². The minimum atomic E-state index is -3.74. The minimum Gasteiger partial charge on any atom is -0.396 e. The fourth-order valence-corrected chi connectivity index (χ4v) is 4.86. The van der Waals surface area contributed by atoms with Gasteiger partial charge >= 0.3 is 0 Å². The van der Waals surface area contributed by atoms with Crippen LogP contribution in [0.1, 0.15) is 32.6 Å². The minimum absolute atomic E-state index is 0.0314. The molecule has 0 saturated carbocycles. The Balaban J connectivity index is 2.46. The van der Waals surface area contributed by atoms with Crippen LogP contribution in [0.25, 0.3) is 0 Å². The van der Waals surface area contributed by atoms with E-state index in [1.165, 1.54) is 4.31 Å². The molecule has 0 radical (unpaired) electrons. The summed E-state index contributed by atoms with van der Waals surface area (Å²) in [4.78, 5) is -0.113. The molecule has 20 heavy (non-hydrogen) atoms. The van der Waals surface area contributed by atoms with Crippen LogP contribution >= 0.6 is 11.6 Å². The Labute approximate surface area is 123 Å². The maximum absolute atomic E-state index is 13.3. The Morgan fingerprint density at radius 2 is 2.15 bits per heavy atom. The van der Waals surface area contributed by atoms with E-state index in [4.69, 9.17) is 17.3 Å². The predicted octanol–water partition coefficient (Wildman–Crippen LogP) is 3.01. The van der Waals surface area contributed by atoms with Crippen molar-refractivity contribution in [1.82, 2.24) is 4.31 Å². The topological polar surface area (TPSA) is 63.4 Å². The van der Waals surface area contributed by atoms with Crippen molar-refractivity contribution < 1.29 is 12.8 Å². The van der Waals surface area contributed by atoms with Gasteiger partial charge in [0.05, 0.1) is 10.7 Å². The number of piperidine rings is 1. The van der Waals surface area contributed by atoms with Gasteiger partial charge in [-0.1, -0.05) is 24.9 Å². The number of hydrogen-bond acceptors (Lipinski definition) is 3. The van der Waals surface area contributed by atoms with Crippen molar-refractivity contribution in [2.75, 3.05) is 12.3 Å². The molecule has 2 rings (SSSR count). The van der Waals surface area contributed by atoms with Crippen molar-refractivity contribution in [3.8, 4) is 0 Å². The SMILES string of the molecule is CCC1CCCCN1S(=O)(=O)c1cc(N)c(F)cc1Cl. The van der Waals surface area contributed by atoms with Crippen LogP contribution in [0.2, 0.25) is 5.02 Å². The summed E-state index contributed by atoms with van der Waals surface area (Å²) in [5.74, 6) is -0.709. The maximum Gasteiger partial charge on any atom is 0.244 e. The largest absolute Gasteiger partial charge is 0.396 e. The Kier molecular flexibility index (Phi) is 4.56. The monoisotopic (exact) mass is 320 g/mol. The van der Waals surface area contributed by atoms with E-state index >= 15 is 0 Å². The van der Waals surface area contributed by atoms with Crippen LogP contribution in [0.15, 0.2) is 17.0 Å². The lowest BCUT2D eigenvalue weighted by atomic mass is 10.0. The molecule has 1 aromatic rings. The van der Waals surface area contributed by atoms with Crippen LogP contribution in [0, 0.1) is 5.82 Å². The zero-order valence-corrected chi connectivity index (χ0v) is 12.8. The lowest BCUT2D eigenvalue weighted by Crippen LogP contribution is -2.43. The second kappa shape index (κ2) is 5.87. The molecule has 2 N–H and O–H groups in total. The summed E-state index contributed by atoms with van der Waals surface area (Å²) in [5.41, 5.74) is 5.26. The van der Waals surface area contributed by atoms with Gasteiger partial charge in [0.15, 0.2) is 0 Å². The van der Waals surface area contributed by atoms with Crippen LogP contribution in [0.5, 0.6) is 0 Å². The molecule has 1 aromatic carbocycles. The van der Waals surface area contributed by atoms with Crippen LogP contribution in [0.3, 0.4) is 0 Å². The Morgan fingerprint density at radius 3 is 2.80 bits per heavy atom. The van der Waals surface area contributed by atoms with Gasteiger partial charge in [0.2, 0.25) is 10.0 Å². The third kappa shape index (κ3) is 2.77. The molecule has 0 spiro atoms. The van der Waals surface area contributed by atoms with Gasteiger partial charge in [0, 0.05) is 12.6 Å².